The molecule has 0 saturated heterocycles. The van der Waals surface area contributed by atoms with Gasteiger partial charge in [0.25, 0.3) is 0 Å². The van der Waals surface area contributed by atoms with E-state index in [1.807, 2.05) is 30.3 Å². The second-order valence-corrected chi connectivity index (χ2v) is 7.53. The molecule has 2 aromatic carbocycles. The summed E-state index contributed by atoms with van der Waals surface area (Å²) in [5.41, 5.74) is 2.71. The Bertz CT molecular complexity index is 963. The number of hydrogen-bond donors (Lipinski definition) is 2. The molecule has 0 aromatic heterocycles. The van der Waals surface area contributed by atoms with Gasteiger partial charge in [0.1, 0.15) is 29.4 Å². The van der Waals surface area contributed by atoms with Crippen LogP contribution in [0.15, 0.2) is 30.3 Å². The van der Waals surface area contributed by atoms with Crippen molar-refractivity contribution in [3.63, 3.8) is 0 Å². The van der Waals surface area contributed by atoms with Crippen LogP contribution in [0.2, 0.25) is 5.02 Å². The second kappa shape index (κ2) is 9.26. The molecule has 0 aliphatic carbocycles. The maximum absolute atomic E-state index is 12.1. The molecule has 0 radical (unpaired) electrons. The molecule has 8 heteroatoms. The minimum absolute atomic E-state index is 0.242. The smallest absolute Gasteiger partial charge is 0.242 e. The van der Waals surface area contributed by atoms with Crippen LogP contribution < -0.4 is 24.8 Å². The molecule has 7 nitrogen and oxygen atoms in total. The van der Waals surface area contributed by atoms with Gasteiger partial charge in [-0.3, -0.25) is 9.59 Å². The third-order valence-corrected chi connectivity index (χ3v) is 5.17. The van der Waals surface area contributed by atoms with Crippen molar-refractivity contribution in [3.05, 3.63) is 40.9 Å². The van der Waals surface area contributed by atoms with Crippen molar-refractivity contribution in [1.29, 1.82) is 0 Å². The van der Waals surface area contributed by atoms with Gasteiger partial charge >= 0.3 is 0 Å². The number of carbonyl (C=O) groups excluding carboxylic acids is 2. The zero-order valence-corrected chi connectivity index (χ0v) is 18.1. The molecule has 0 saturated carbocycles. The van der Waals surface area contributed by atoms with Crippen LogP contribution in [0.3, 0.4) is 0 Å². The molecule has 2 N–H and O–H groups in total. The molecule has 0 unspecified atom stereocenters. The highest BCUT2D eigenvalue weighted by molar-refractivity contribution is 6.32. The third kappa shape index (κ3) is 4.79. The highest BCUT2D eigenvalue weighted by Gasteiger charge is 2.27. The van der Waals surface area contributed by atoms with Crippen LogP contribution in [0.5, 0.6) is 17.2 Å². The Labute approximate surface area is 180 Å². The molecule has 1 aliphatic rings. The number of methoxy groups -OCH3 is 2. The molecule has 2 atom stereocenters. The van der Waals surface area contributed by atoms with E-state index in [-0.39, 0.29) is 17.9 Å². The Kier molecular flexibility index (Phi) is 6.72. The van der Waals surface area contributed by atoms with E-state index in [1.165, 1.54) is 6.92 Å². The Balaban J connectivity index is 1.75. The molecule has 3 rings (SSSR count). The lowest BCUT2D eigenvalue weighted by Crippen LogP contribution is -2.46. The lowest BCUT2D eigenvalue weighted by Gasteiger charge is -2.16. The third-order valence-electron chi connectivity index (χ3n) is 4.89. The Morgan fingerprint density at radius 2 is 2.00 bits per heavy atom. The van der Waals surface area contributed by atoms with Gasteiger partial charge in [0.15, 0.2) is 0 Å². The van der Waals surface area contributed by atoms with Crippen LogP contribution in [0.1, 0.15) is 19.4 Å². The Hall–Kier alpha value is -2.93. The molecule has 1 heterocycles. The molecule has 1 aliphatic heterocycles. The van der Waals surface area contributed by atoms with Crippen molar-refractivity contribution in [2.75, 3.05) is 20.8 Å². The number of ether oxygens (including phenoxy) is 3. The standard InChI is InChI=1S/C22H25ClN2O5/c1-12(25-13(2)26)22(27)24-11-17-8-15-7-14(9-19(23)21(15)30-17)18-10-16(28-3)5-6-20(18)29-4/h5-7,9-10,12,17H,8,11H2,1-4H3,(H,24,27)(H,25,26)/t12-,17+/m0/s1. The van der Waals surface area contributed by atoms with E-state index in [0.29, 0.717) is 35.2 Å². The van der Waals surface area contributed by atoms with E-state index in [2.05, 4.69) is 10.6 Å². The molecule has 0 fully saturated rings. The van der Waals surface area contributed by atoms with Gasteiger partial charge in [0.05, 0.1) is 25.8 Å². The van der Waals surface area contributed by atoms with E-state index < -0.39 is 6.04 Å². The lowest BCUT2D eigenvalue weighted by molar-refractivity contribution is -0.127. The van der Waals surface area contributed by atoms with E-state index in [0.717, 1.165) is 16.7 Å². The zero-order valence-electron chi connectivity index (χ0n) is 17.4. The number of carbonyl (C=O) groups is 2. The first-order chi connectivity index (χ1) is 14.3. The summed E-state index contributed by atoms with van der Waals surface area (Å²) in [5, 5.41) is 5.85. The summed E-state index contributed by atoms with van der Waals surface area (Å²) < 4.78 is 16.8. The van der Waals surface area contributed by atoms with Crippen molar-refractivity contribution in [1.82, 2.24) is 10.6 Å². The molecule has 30 heavy (non-hydrogen) atoms. The number of halogens is 1. The van der Waals surface area contributed by atoms with Gasteiger partial charge in [0, 0.05) is 24.5 Å². The normalized spacial score (nSPS) is 15.6. The summed E-state index contributed by atoms with van der Waals surface area (Å²) in [6.45, 7) is 3.31. The van der Waals surface area contributed by atoms with E-state index in [9.17, 15) is 9.59 Å². The van der Waals surface area contributed by atoms with Gasteiger partial charge in [0.2, 0.25) is 11.8 Å². The van der Waals surface area contributed by atoms with E-state index in [4.69, 9.17) is 25.8 Å². The molecular formula is C22H25ClN2O5. The first-order valence-corrected chi connectivity index (χ1v) is 9.96. The fourth-order valence-electron chi connectivity index (χ4n) is 3.43. The average molecular weight is 433 g/mol. The van der Waals surface area contributed by atoms with Crippen LogP contribution in [-0.2, 0) is 16.0 Å². The number of fused-ring (bicyclic) bond motifs is 1. The van der Waals surface area contributed by atoms with Gasteiger partial charge in [-0.15, -0.1) is 0 Å². The first-order valence-electron chi connectivity index (χ1n) is 9.58. The van der Waals surface area contributed by atoms with Crippen molar-refractivity contribution in [2.24, 2.45) is 0 Å². The van der Waals surface area contributed by atoms with Crippen LogP contribution in [0.25, 0.3) is 11.1 Å². The summed E-state index contributed by atoms with van der Waals surface area (Å²) in [7, 11) is 3.23. The maximum Gasteiger partial charge on any atom is 0.242 e. The van der Waals surface area contributed by atoms with Gasteiger partial charge in [-0.2, -0.15) is 0 Å². The molecule has 0 bridgehead atoms. The van der Waals surface area contributed by atoms with Gasteiger partial charge in [-0.1, -0.05) is 11.6 Å². The number of nitrogens with one attached hydrogen (secondary N) is 2. The van der Waals surface area contributed by atoms with Crippen molar-refractivity contribution in [3.8, 4) is 28.4 Å². The number of rotatable bonds is 7. The highest BCUT2D eigenvalue weighted by atomic mass is 35.5. The number of benzene rings is 2. The fraction of sp³-hybridized carbons (Fsp3) is 0.364. The predicted molar refractivity (Wildman–Crippen MR) is 114 cm³/mol. The molecule has 160 valence electrons. The van der Waals surface area contributed by atoms with Crippen LogP contribution in [-0.4, -0.2) is 44.7 Å². The van der Waals surface area contributed by atoms with Crippen molar-refractivity contribution in [2.45, 2.75) is 32.4 Å². The van der Waals surface area contributed by atoms with E-state index >= 15 is 0 Å². The number of amides is 2. The van der Waals surface area contributed by atoms with Crippen molar-refractivity contribution < 1.29 is 23.8 Å². The predicted octanol–water partition coefficient (Wildman–Crippen LogP) is 2.97. The maximum atomic E-state index is 12.1. The highest BCUT2D eigenvalue weighted by Crippen LogP contribution is 2.42. The molecule has 2 amide bonds. The number of hydrogen-bond acceptors (Lipinski definition) is 5. The van der Waals surface area contributed by atoms with Crippen LogP contribution in [0, 0.1) is 0 Å². The SMILES string of the molecule is COc1ccc(OC)c(-c2cc(Cl)c3c(c2)C[C@H](CNC(=O)[C@H](C)NC(C)=O)O3)c1. The minimum atomic E-state index is -0.609. The fourth-order valence-corrected chi connectivity index (χ4v) is 3.72. The van der Waals surface area contributed by atoms with Crippen LogP contribution in [0.4, 0.5) is 0 Å². The van der Waals surface area contributed by atoms with Gasteiger partial charge in [-0.25, -0.2) is 0 Å². The summed E-state index contributed by atoms with van der Waals surface area (Å²) in [6, 6.07) is 8.81. The summed E-state index contributed by atoms with van der Waals surface area (Å²) in [6.07, 6.45) is 0.359. The zero-order chi connectivity index (χ0) is 21.8. The topological polar surface area (TPSA) is 85.9 Å². The Morgan fingerprint density at radius 3 is 2.67 bits per heavy atom. The average Bonchev–Trinajstić information content (AvgIpc) is 3.14. The minimum Gasteiger partial charge on any atom is -0.497 e. The summed E-state index contributed by atoms with van der Waals surface area (Å²) in [4.78, 5) is 23.2. The molecule has 2 aromatic rings. The Morgan fingerprint density at radius 1 is 1.23 bits per heavy atom. The molecular weight excluding hydrogens is 408 g/mol. The second-order valence-electron chi connectivity index (χ2n) is 7.12. The van der Waals surface area contributed by atoms with Gasteiger partial charge in [-0.05, 0) is 42.8 Å². The monoisotopic (exact) mass is 432 g/mol. The van der Waals surface area contributed by atoms with Crippen molar-refractivity contribution >= 4 is 23.4 Å². The molecule has 0 spiro atoms. The summed E-state index contributed by atoms with van der Waals surface area (Å²) in [5.74, 6) is 1.53. The lowest BCUT2D eigenvalue weighted by atomic mass is 9.99. The largest absolute Gasteiger partial charge is 0.497 e. The van der Waals surface area contributed by atoms with E-state index in [1.54, 1.807) is 21.1 Å². The van der Waals surface area contributed by atoms with Gasteiger partial charge < -0.3 is 24.8 Å². The van der Waals surface area contributed by atoms with Crippen LogP contribution >= 0.6 is 11.6 Å². The quantitative estimate of drug-likeness (QED) is 0.702. The summed E-state index contributed by atoms with van der Waals surface area (Å²) >= 11 is 6.50. The first kappa shape index (κ1) is 21.8.